The Kier molecular flexibility index (Phi) is 10.3. The molecule has 53 heavy (non-hydrogen) atoms. The van der Waals surface area contributed by atoms with Crippen molar-refractivity contribution in [1.29, 1.82) is 0 Å². The molecule has 2 unspecified atom stereocenters. The Morgan fingerprint density at radius 2 is 1.19 bits per heavy atom. The summed E-state index contributed by atoms with van der Waals surface area (Å²) in [4.78, 5) is 55.8. The maximum atomic E-state index is 13.2. The summed E-state index contributed by atoms with van der Waals surface area (Å²) in [6, 6.07) is 16.5. The molecule has 282 valence electrons. The largest absolute Gasteiger partial charge is 0.504 e. The minimum Gasteiger partial charge on any atom is -0.504 e. The zero-order valence-electron chi connectivity index (χ0n) is 32.2. The first-order valence-corrected chi connectivity index (χ1v) is 19.8. The molecule has 2 amide bonds. The Morgan fingerprint density at radius 1 is 0.755 bits per heavy atom. The smallest absolute Gasteiger partial charge is 0.236 e. The number of methoxy groups -OCH3 is 1. The molecule has 8 atom stereocenters. The number of allylic oxidation sites excluding steroid dienone is 3. The fourth-order valence-corrected chi connectivity index (χ4v) is 11.4. The summed E-state index contributed by atoms with van der Waals surface area (Å²) in [5.41, 5.74) is 4.94. The summed E-state index contributed by atoms with van der Waals surface area (Å²) in [5, 5.41) is 6.23. The maximum absolute atomic E-state index is 13.2. The van der Waals surface area contributed by atoms with Crippen LogP contribution in [0.15, 0.2) is 72.0 Å². The van der Waals surface area contributed by atoms with Crippen molar-refractivity contribution in [3.05, 3.63) is 83.1 Å². The van der Waals surface area contributed by atoms with Crippen molar-refractivity contribution in [3.63, 3.8) is 0 Å². The number of nitrogens with one attached hydrogen (secondary N) is 2. The first kappa shape index (κ1) is 37.2. The average Bonchev–Trinajstić information content (AvgIpc) is 3.88. The topological polar surface area (TPSA) is 108 Å². The van der Waals surface area contributed by atoms with E-state index in [1.807, 2.05) is 49.4 Å². The van der Waals surface area contributed by atoms with Crippen LogP contribution in [0.25, 0.3) is 0 Å². The van der Waals surface area contributed by atoms with Gasteiger partial charge in [0, 0.05) is 42.1 Å². The molecule has 2 aromatic carbocycles. The zero-order valence-corrected chi connectivity index (χ0v) is 32.2. The van der Waals surface area contributed by atoms with Crippen LogP contribution in [0.4, 0.5) is 11.4 Å². The van der Waals surface area contributed by atoms with E-state index < -0.39 is 10.8 Å². The molecular formula is C44H56N4O5. The second kappa shape index (κ2) is 14.6. The van der Waals surface area contributed by atoms with Gasteiger partial charge in [0.15, 0.2) is 11.6 Å². The summed E-state index contributed by atoms with van der Waals surface area (Å²) in [5.74, 6) is 1.76. The number of piperidine rings is 2. The van der Waals surface area contributed by atoms with Gasteiger partial charge in [0.2, 0.25) is 11.8 Å². The average molecular weight is 721 g/mol. The Bertz CT molecular complexity index is 1850. The van der Waals surface area contributed by atoms with Crippen LogP contribution in [0.1, 0.15) is 84.3 Å². The lowest BCUT2D eigenvalue weighted by Gasteiger charge is -2.45. The van der Waals surface area contributed by atoms with Gasteiger partial charge in [-0.3, -0.25) is 29.0 Å². The molecule has 0 radical (unpaired) electrons. The molecule has 0 aliphatic carbocycles. The Balaban J connectivity index is 0.000000164. The molecule has 6 aliphatic rings. The number of Topliss-reactive ketones (excluding diaryl/α,β-unsaturated/α-hetero) is 2. The third-order valence-corrected chi connectivity index (χ3v) is 14.0. The van der Waals surface area contributed by atoms with Gasteiger partial charge in [0.05, 0.1) is 24.2 Å². The molecule has 0 bridgehead atoms. The van der Waals surface area contributed by atoms with E-state index in [4.69, 9.17) is 4.74 Å². The minimum atomic E-state index is -0.497. The Morgan fingerprint density at radius 3 is 1.58 bits per heavy atom. The molecule has 2 spiro atoms. The van der Waals surface area contributed by atoms with Crippen molar-refractivity contribution in [3.8, 4) is 0 Å². The molecule has 9 nitrogen and oxygen atoms in total. The van der Waals surface area contributed by atoms with Gasteiger partial charge in [0.1, 0.15) is 0 Å². The van der Waals surface area contributed by atoms with Crippen molar-refractivity contribution < 1.29 is 23.9 Å². The summed E-state index contributed by atoms with van der Waals surface area (Å²) < 4.78 is 5.24. The van der Waals surface area contributed by atoms with Gasteiger partial charge in [-0.05, 0) is 112 Å². The van der Waals surface area contributed by atoms with E-state index in [1.165, 1.54) is 0 Å². The zero-order chi connectivity index (χ0) is 37.7. The van der Waals surface area contributed by atoms with E-state index in [0.29, 0.717) is 11.8 Å². The number of ether oxygens (including phenoxy) is 1. The molecule has 8 rings (SSSR count). The van der Waals surface area contributed by atoms with E-state index in [-0.39, 0.29) is 47.3 Å². The number of amides is 2. The molecule has 4 saturated heterocycles. The second-order valence-corrected chi connectivity index (χ2v) is 16.1. The standard InChI is InChI=1S/C22H28N2O3.C22H28N2O2/c1-4-15-12-24-10-9-22(18-7-5-6-8-19(18)23-21(22)26)20(24)11-16(15)17(13-27-3)14(2)25;1-4-15-13-24-11-10-22(18-8-6-7-9-19(18)23-21(22)26)20(24)12-17(15)16(5-2)14(3)25/h5-8,13,15-16,20H,4,9-12H2,1-3H3,(H,23,26);5-9,15,17,20H,4,10-13H2,1-3H3,(H,23,26)/t15-,16+,20?,22+;15-,17+,20?,22-/m11/s1. The lowest BCUT2D eigenvalue weighted by Crippen LogP contribution is -2.53. The summed E-state index contributed by atoms with van der Waals surface area (Å²) in [7, 11) is 1.59. The van der Waals surface area contributed by atoms with Crippen LogP contribution < -0.4 is 10.6 Å². The van der Waals surface area contributed by atoms with Crippen LogP contribution >= 0.6 is 0 Å². The monoisotopic (exact) mass is 720 g/mol. The number of ketones is 2. The fourth-order valence-electron chi connectivity index (χ4n) is 11.4. The van der Waals surface area contributed by atoms with Gasteiger partial charge >= 0.3 is 0 Å². The molecule has 2 N–H and O–H groups in total. The van der Waals surface area contributed by atoms with E-state index >= 15 is 0 Å². The second-order valence-electron chi connectivity index (χ2n) is 16.1. The number of para-hydroxylation sites is 2. The number of rotatable bonds is 7. The van der Waals surface area contributed by atoms with Crippen molar-refractivity contribution >= 4 is 34.8 Å². The number of benzene rings is 2. The van der Waals surface area contributed by atoms with Crippen molar-refractivity contribution in [2.75, 3.05) is 43.9 Å². The molecule has 9 heteroatoms. The van der Waals surface area contributed by atoms with Gasteiger partial charge in [0.25, 0.3) is 0 Å². The molecular weight excluding hydrogens is 665 g/mol. The number of hydrogen-bond acceptors (Lipinski definition) is 7. The van der Waals surface area contributed by atoms with E-state index in [9.17, 15) is 19.2 Å². The van der Waals surface area contributed by atoms with E-state index in [2.05, 4.69) is 46.4 Å². The molecule has 0 saturated carbocycles. The molecule has 6 heterocycles. The van der Waals surface area contributed by atoms with Crippen LogP contribution in [0.3, 0.4) is 0 Å². The predicted octanol–water partition coefficient (Wildman–Crippen LogP) is 6.65. The van der Waals surface area contributed by atoms with Gasteiger partial charge in [-0.25, -0.2) is 0 Å². The van der Waals surface area contributed by atoms with E-state index in [0.717, 1.165) is 98.4 Å². The lowest BCUT2D eigenvalue weighted by molar-refractivity contribution is -0.123. The molecule has 6 aliphatic heterocycles. The van der Waals surface area contributed by atoms with Gasteiger partial charge < -0.3 is 15.4 Å². The van der Waals surface area contributed by atoms with Gasteiger partial charge in [-0.1, -0.05) is 69.2 Å². The summed E-state index contributed by atoms with van der Waals surface area (Å²) in [6.45, 7) is 13.5. The first-order valence-electron chi connectivity index (χ1n) is 19.8. The summed E-state index contributed by atoms with van der Waals surface area (Å²) >= 11 is 0. The molecule has 4 fully saturated rings. The Labute approximate surface area is 314 Å². The van der Waals surface area contributed by atoms with Gasteiger partial charge in [-0.2, -0.15) is 0 Å². The van der Waals surface area contributed by atoms with Crippen LogP contribution in [0, 0.1) is 23.7 Å². The summed E-state index contributed by atoms with van der Waals surface area (Å²) in [6.07, 6.45) is 9.11. The normalized spacial score (nSPS) is 33.4. The van der Waals surface area contributed by atoms with Crippen LogP contribution in [0.5, 0.6) is 0 Å². The highest BCUT2D eigenvalue weighted by Gasteiger charge is 2.61. The minimum absolute atomic E-state index is 0.0667. The highest BCUT2D eigenvalue weighted by molar-refractivity contribution is 6.08. The van der Waals surface area contributed by atoms with Crippen LogP contribution in [0.2, 0.25) is 0 Å². The number of hydrogen-bond donors (Lipinski definition) is 2. The van der Waals surface area contributed by atoms with Crippen molar-refractivity contribution in [1.82, 2.24) is 9.80 Å². The molecule has 2 aromatic rings. The van der Waals surface area contributed by atoms with Crippen LogP contribution in [-0.2, 0) is 34.7 Å². The number of carbonyl (C=O) groups excluding carboxylic acids is 4. The number of nitrogens with zero attached hydrogens (tertiary/aromatic N) is 2. The quantitative estimate of drug-likeness (QED) is 0.244. The van der Waals surface area contributed by atoms with Crippen molar-refractivity contribution in [2.45, 2.75) is 96.1 Å². The van der Waals surface area contributed by atoms with Gasteiger partial charge in [-0.15, -0.1) is 0 Å². The highest BCUT2D eigenvalue weighted by Crippen LogP contribution is 2.54. The fraction of sp³-hybridized carbons (Fsp3) is 0.545. The highest BCUT2D eigenvalue weighted by atomic mass is 16.5. The first-order chi connectivity index (χ1) is 25.5. The van der Waals surface area contributed by atoms with Crippen LogP contribution in [-0.4, -0.2) is 78.6 Å². The van der Waals surface area contributed by atoms with E-state index in [1.54, 1.807) is 27.2 Å². The SMILES string of the molecule is CC=C(C(C)=O)[C@H]1CC2N(CC[C@]23C(=O)Nc2ccccc23)C[C@H]1CC.CC[C@@H]1CN2CC[C@@]3(C(=O)Nc4ccccc43)C2C[C@@H]1C(=COC)C(C)=O. The third kappa shape index (κ3) is 5.90. The molecule has 0 aromatic heterocycles. The predicted molar refractivity (Wildman–Crippen MR) is 207 cm³/mol. The van der Waals surface area contributed by atoms with Crippen molar-refractivity contribution in [2.24, 2.45) is 23.7 Å². The Hall–Kier alpha value is -4.08. The number of carbonyl (C=O) groups is 4. The maximum Gasteiger partial charge on any atom is 0.236 e. The third-order valence-electron chi connectivity index (χ3n) is 14.0. The number of fused-ring (bicyclic) bond motifs is 8. The lowest BCUT2D eigenvalue weighted by atomic mass is 9.67. The number of anilines is 2.